The lowest BCUT2D eigenvalue weighted by Gasteiger charge is -2.37. The highest BCUT2D eigenvalue weighted by atomic mass is 16.3. The maximum Gasteiger partial charge on any atom is 0.253 e. The van der Waals surface area contributed by atoms with Crippen LogP contribution in [0.5, 0.6) is 0 Å². The van der Waals surface area contributed by atoms with Gasteiger partial charge in [0.2, 0.25) is 5.91 Å². The zero-order valence-corrected chi connectivity index (χ0v) is 17.7. The second kappa shape index (κ2) is 8.48. The van der Waals surface area contributed by atoms with Crippen LogP contribution in [-0.4, -0.2) is 60.6 Å². The average Bonchev–Trinajstić information content (AvgIpc) is 3.14. The van der Waals surface area contributed by atoms with Gasteiger partial charge in [-0.3, -0.25) is 9.59 Å². The summed E-state index contributed by atoms with van der Waals surface area (Å²) in [6, 6.07) is 13.5. The van der Waals surface area contributed by atoms with E-state index >= 15 is 0 Å². The molecule has 0 aromatic heterocycles. The molecule has 30 heavy (non-hydrogen) atoms. The molecule has 2 fully saturated rings. The first kappa shape index (κ1) is 20.4. The second-order valence-electron chi connectivity index (χ2n) is 8.25. The van der Waals surface area contributed by atoms with Gasteiger partial charge in [0.25, 0.3) is 5.91 Å². The Balaban J connectivity index is 1.40. The Morgan fingerprint density at radius 2 is 1.73 bits per heavy atom. The van der Waals surface area contributed by atoms with Crippen LogP contribution in [-0.2, 0) is 4.79 Å². The van der Waals surface area contributed by atoms with E-state index in [9.17, 15) is 14.7 Å². The number of aliphatic hydroxyl groups excluding tert-OH is 1. The Morgan fingerprint density at radius 1 is 1.03 bits per heavy atom. The maximum atomic E-state index is 13.0. The van der Waals surface area contributed by atoms with Crippen LogP contribution in [0.25, 0.3) is 0 Å². The molecule has 2 aliphatic rings. The largest absolute Gasteiger partial charge is 0.394 e. The van der Waals surface area contributed by atoms with E-state index in [4.69, 9.17) is 0 Å². The van der Waals surface area contributed by atoms with Crippen molar-refractivity contribution < 1.29 is 14.7 Å². The number of hydrogen-bond acceptors (Lipinski definition) is 4. The predicted molar refractivity (Wildman–Crippen MR) is 118 cm³/mol. The van der Waals surface area contributed by atoms with Crippen molar-refractivity contribution >= 4 is 23.2 Å². The normalized spacial score (nSPS) is 19.5. The number of piperazine rings is 1. The highest BCUT2D eigenvalue weighted by molar-refractivity contribution is 5.98. The number of anilines is 2. The molecule has 2 aromatic carbocycles. The van der Waals surface area contributed by atoms with E-state index in [1.807, 2.05) is 17.0 Å². The van der Waals surface area contributed by atoms with E-state index in [-0.39, 0.29) is 24.5 Å². The molecule has 1 atom stereocenters. The van der Waals surface area contributed by atoms with Crippen LogP contribution in [0.3, 0.4) is 0 Å². The molecule has 0 unspecified atom stereocenters. The smallest absolute Gasteiger partial charge is 0.253 e. The summed E-state index contributed by atoms with van der Waals surface area (Å²) in [4.78, 5) is 31.0. The highest BCUT2D eigenvalue weighted by Gasteiger charge is 2.31. The first-order valence-corrected chi connectivity index (χ1v) is 10.6. The van der Waals surface area contributed by atoms with Crippen molar-refractivity contribution in [3.05, 3.63) is 59.2 Å². The molecule has 2 aromatic rings. The Kier molecular flexibility index (Phi) is 5.77. The molecule has 2 aliphatic heterocycles. The highest BCUT2D eigenvalue weighted by Crippen LogP contribution is 2.27. The minimum atomic E-state index is -0.169. The fourth-order valence-corrected chi connectivity index (χ4v) is 4.53. The van der Waals surface area contributed by atoms with Crippen LogP contribution >= 0.6 is 0 Å². The molecule has 0 aliphatic carbocycles. The van der Waals surface area contributed by atoms with Crippen LogP contribution in [0.1, 0.15) is 34.3 Å². The summed E-state index contributed by atoms with van der Waals surface area (Å²) in [7, 11) is 0. The summed E-state index contributed by atoms with van der Waals surface area (Å²) in [6.45, 7) is 7.19. The molecule has 1 N–H and O–H groups in total. The number of amides is 2. The van der Waals surface area contributed by atoms with Crippen molar-refractivity contribution in [1.82, 2.24) is 4.90 Å². The molecule has 4 rings (SSSR count). The third-order valence-electron chi connectivity index (χ3n) is 6.19. The third-order valence-corrected chi connectivity index (χ3v) is 6.19. The van der Waals surface area contributed by atoms with Gasteiger partial charge in [-0.05, 0) is 56.2 Å². The molecule has 2 amide bonds. The zero-order valence-electron chi connectivity index (χ0n) is 17.7. The lowest BCUT2D eigenvalue weighted by atomic mass is 10.1. The Morgan fingerprint density at radius 3 is 2.37 bits per heavy atom. The van der Waals surface area contributed by atoms with Gasteiger partial charge in [0.05, 0.1) is 12.6 Å². The predicted octanol–water partition coefficient (Wildman–Crippen LogP) is 2.75. The van der Waals surface area contributed by atoms with Crippen molar-refractivity contribution in [3.8, 4) is 0 Å². The molecule has 2 saturated heterocycles. The van der Waals surface area contributed by atoms with Gasteiger partial charge in [-0.15, -0.1) is 0 Å². The van der Waals surface area contributed by atoms with Crippen molar-refractivity contribution in [1.29, 1.82) is 0 Å². The second-order valence-corrected chi connectivity index (χ2v) is 8.25. The van der Waals surface area contributed by atoms with Crippen LogP contribution in [0, 0.1) is 13.8 Å². The fraction of sp³-hybridized carbons (Fsp3) is 0.417. The number of rotatable bonds is 4. The van der Waals surface area contributed by atoms with Gasteiger partial charge < -0.3 is 19.8 Å². The van der Waals surface area contributed by atoms with Gasteiger partial charge >= 0.3 is 0 Å². The minimum absolute atomic E-state index is 0.0216. The van der Waals surface area contributed by atoms with E-state index < -0.39 is 0 Å². The van der Waals surface area contributed by atoms with Gasteiger partial charge in [0.15, 0.2) is 0 Å². The van der Waals surface area contributed by atoms with Crippen molar-refractivity contribution in [2.75, 3.05) is 42.6 Å². The van der Waals surface area contributed by atoms with E-state index in [0.717, 1.165) is 18.8 Å². The number of nitrogens with zero attached hydrogens (tertiary/aromatic N) is 3. The molecule has 0 radical (unpaired) electrons. The molecule has 0 spiro atoms. The lowest BCUT2D eigenvalue weighted by Crippen LogP contribution is -2.49. The number of carbonyl (C=O) groups excluding carboxylic acids is 2. The van der Waals surface area contributed by atoms with Gasteiger partial charge in [-0.2, -0.15) is 0 Å². The Hall–Kier alpha value is -2.86. The maximum absolute atomic E-state index is 13.0. The Bertz CT molecular complexity index is 933. The van der Waals surface area contributed by atoms with Crippen LogP contribution in [0.15, 0.2) is 42.5 Å². The van der Waals surface area contributed by atoms with E-state index in [1.54, 1.807) is 17.0 Å². The summed E-state index contributed by atoms with van der Waals surface area (Å²) in [5, 5.41) is 9.50. The van der Waals surface area contributed by atoms with Crippen molar-refractivity contribution in [2.24, 2.45) is 0 Å². The molecule has 0 saturated carbocycles. The number of benzene rings is 2. The summed E-state index contributed by atoms with van der Waals surface area (Å²) in [5.74, 6) is 0.0453. The van der Waals surface area contributed by atoms with Crippen LogP contribution in [0.2, 0.25) is 0 Å². The summed E-state index contributed by atoms with van der Waals surface area (Å²) in [5.41, 5.74) is 5.14. The van der Waals surface area contributed by atoms with Gasteiger partial charge in [-0.1, -0.05) is 17.7 Å². The number of aryl methyl sites for hydroxylation is 2. The number of hydrogen-bond donors (Lipinski definition) is 1. The zero-order chi connectivity index (χ0) is 21.3. The topological polar surface area (TPSA) is 64.1 Å². The standard InChI is InChI=1S/C24H29N3O3/c1-17-3-9-22(18(2)15-17)25-11-13-26(14-12-25)24(30)19-4-6-20(7-5-19)27-21(16-28)8-10-23(27)29/h3-7,9,15,21,28H,8,10-14,16H2,1-2H3/t21-/m0/s1. The summed E-state index contributed by atoms with van der Waals surface area (Å²) < 4.78 is 0. The van der Waals surface area contributed by atoms with Crippen LogP contribution < -0.4 is 9.80 Å². The van der Waals surface area contributed by atoms with Crippen LogP contribution in [0.4, 0.5) is 11.4 Å². The van der Waals surface area contributed by atoms with Crippen molar-refractivity contribution in [3.63, 3.8) is 0 Å². The molecule has 158 valence electrons. The van der Waals surface area contributed by atoms with Gasteiger partial charge in [-0.25, -0.2) is 0 Å². The van der Waals surface area contributed by atoms with E-state index in [2.05, 4.69) is 36.9 Å². The first-order chi connectivity index (χ1) is 14.5. The molecule has 6 heteroatoms. The molecule has 0 bridgehead atoms. The third kappa shape index (κ3) is 3.92. The van der Waals surface area contributed by atoms with E-state index in [1.165, 1.54) is 16.8 Å². The first-order valence-electron chi connectivity index (χ1n) is 10.6. The SMILES string of the molecule is Cc1ccc(N2CCN(C(=O)c3ccc(N4C(=O)CC[C@H]4CO)cc3)CC2)c(C)c1. The Labute approximate surface area is 177 Å². The fourth-order valence-electron chi connectivity index (χ4n) is 4.53. The molecule has 6 nitrogen and oxygen atoms in total. The molecular weight excluding hydrogens is 378 g/mol. The number of aliphatic hydroxyl groups is 1. The minimum Gasteiger partial charge on any atom is -0.394 e. The van der Waals surface area contributed by atoms with E-state index in [0.29, 0.717) is 31.5 Å². The lowest BCUT2D eigenvalue weighted by molar-refractivity contribution is -0.117. The molecular formula is C24H29N3O3. The monoisotopic (exact) mass is 407 g/mol. The van der Waals surface area contributed by atoms with Crippen molar-refractivity contribution in [2.45, 2.75) is 32.7 Å². The quantitative estimate of drug-likeness (QED) is 0.847. The summed E-state index contributed by atoms with van der Waals surface area (Å²) in [6.07, 6.45) is 1.12. The van der Waals surface area contributed by atoms with Gasteiger partial charge in [0.1, 0.15) is 0 Å². The summed E-state index contributed by atoms with van der Waals surface area (Å²) >= 11 is 0. The average molecular weight is 408 g/mol. The number of carbonyl (C=O) groups is 2. The van der Waals surface area contributed by atoms with Gasteiger partial charge in [0, 0.05) is 49.5 Å². The molecule has 2 heterocycles.